The molecule has 0 spiro atoms. The van der Waals surface area contributed by atoms with E-state index in [-0.39, 0.29) is 12.3 Å². The Balaban J connectivity index is 1.76. The van der Waals surface area contributed by atoms with Gasteiger partial charge in [0.1, 0.15) is 17.7 Å². The van der Waals surface area contributed by atoms with E-state index in [2.05, 4.69) is 5.10 Å². The molecule has 2 amide bonds. The number of carbonyl (C=O) groups excluding carboxylic acids is 3. The first kappa shape index (κ1) is 19.9. The van der Waals surface area contributed by atoms with E-state index in [1.54, 1.807) is 55.5 Å². The Kier molecular flexibility index (Phi) is 5.17. The minimum atomic E-state index is -1.06. The monoisotopic (exact) mass is 427 g/mol. The molecule has 0 aromatic heterocycles. The quantitative estimate of drug-likeness (QED) is 0.538. The summed E-state index contributed by atoms with van der Waals surface area (Å²) in [6, 6.07) is 12.2. The molecule has 2 aromatic carbocycles. The van der Waals surface area contributed by atoms with Gasteiger partial charge in [-0.15, -0.1) is 0 Å². The lowest BCUT2D eigenvalue weighted by molar-refractivity contribution is -0.136. The fraction of sp³-hybridized carbons (Fsp3) is 0.238. The first-order valence-electron chi connectivity index (χ1n) is 9.28. The molecule has 0 saturated carbocycles. The number of hydrogen-bond donors (Lipinski definition) is 0. The van der Waals surface area contributed by atoms with E-state index in [9.17, 15) is 14.4 Å². The zero-order valence-corrected chi connectivity index (χ0v) is 17.0. The van der Waals surface area contributed by atoms with Gasteiger partial charge in [0.05, 0.1) is 25.1 Å². The van der Waals surface area contributed by atoms with Gasteiger partial charge < -0.3 is 9.47 Å². The Labute approximate surface area is 177 Å². The van der Waals surface area contributed by atoms with E-state index >= 15 is 0 Å². The van der Waals surface area contributed by atoms with Gasteiger partial charge in [0, 0.05) is 5.02 Å². The smallest absolute Gasteiger partial charge is 0.355 e. The summed E-state index contributed by atoms with van der Waals surface area (Å²) in [5.41, 5.74) is 0.831. The fourth-order valence-electron chi connectivity index (χ4n) is 3.58. The molecule has 0 aliphatic carbocycles. The minimum Gasteiger partial charge on any atom is -0.497 e. The lowest BCUT2D eigenvalue weighted by Gasteiger charge is -2.22. The summed E-state index contributed by atoms with van der Waals surface area (Å²) in [6.45, 7) is 1.79. The molecule has 2 aliphatic rings. The van der Waals surface area contributed by atoms with Gasteiger partial charge in [0.15, 0.2) is 5.71 Å². The van der Waals surface area contributed by atoms with Crippen molar-refractivity contribution in [2.75, 3.05) is 23.6 Å². The van der Waals surface area contributed by atoms with Gasteiger partial charge in [-0.1, -0.05) is 11.6 Å². The number of amides is 2. The van der Waals surface area contributed by atoms with Gasteiger partial charge in [-0.25, -0.2) is 9.69 Å². The van der Waals surface area contributed by atoms with Crippen LogP contribution in [-0.2, 0) is 19.1 Å². The highest BCUT2D eigenvalue weighted by molar-refractivity contribution is 6.47. The molecule has 8 nitrogen and oxygen atoms in total. The average molecular weight is 428 g/mol. The van der Waals surface area contributed by atoms with Crippen molar-refractivity contribution in [3.05, 3.63) is 53.6 Å². The Morgan fingerprint density at radius 2 is 1.67 bits per heavy atom. The second-order valence-electron chi connectivity index (χ2n) is 6.66. The number of fused-ring (bicyclic) bond motifs is 1. The lowest BCUT2D eigenvalue weighted by Crippen LogP contribution is -2.39. The summed E-state index contributed by atoms with van der Waals surface area (Å²) in [5.74, 6) is -2.20. The summed E-state index contributed by atoms with van der Waals surface area (Å²) >= 11 is 5.96. The maximum absolute atomic E-state index is 13.3. The normalized spacial score (nSPS) is 20.3. The number of benzene rings is 2. The van der Waals surface area contributed by atoms with Gasteiger partial charge in [0.25, 0.3) is 5.91 Å². The van der Waals surface area contributed by atoms with E-state index < -0.39 is 29.7 Å². The van der Waals surface area contributed by atoms with Crippen molar-refractivity contribution in [3.8, 4) is 5.75 Å². The third kappa shape index (κ3) is 3.19. The molecular formula is C21H18ClN3O5. The Morgan fingerprint density at radius 3 is 2.27 bits per heavy atom. The van der Waals surface area contributed by atoms with Gasteiger partial charge in [0.2, 0.25) is 5.91 Å². The van der Waals surface area contributed by atoms with Gasteiger partial charge in [-0.2, -0.15) is 5.10 Å². The third-order valence-electron chi connectivity index (χ3n) is 4.96. The highest BCUT2D eigenvalue weighted by Gasteiger charge is 2.59. The van der Waals surface area contributed by atoms with Gasteiger partial charge in [-0.05, 0) is 55.5 Å². The van der Waals surface area contributed by atoms with E-state index in [0.29, 0.717) is 22.1 Å². The number of hydrazone groups is 1. The molecule has 2 heterocycles. The van der Waals surface area contributed by atoms with Crippen LogP contribution in [0.5, 0.6) is 5.75 Å². The van der Waals surface area contributed by atoms with Crippen LogP contribution in [0.15, 0.2) is 53.6 Å². The Hall–Kier alpha value is -3.39. The molecule has 2 aliphatic heterocycles. The maximum atomic E-state index is 13.3. The van der Waals surface area contributed by atoms with Crippen molar-refractivity contribution < 1.29 is 23.9 Å². The van der Waals surface area contributed by atoms with Crippen molar-refractivity contribution in [3.63, 3.8) is 0 Å². The zero-order chi connectivity index (χ0) is 21.4. The van der Waals surface area contributed by atoms with Crippen LogP contribution < -0.4 is 14.6 Å². The summed E-state index contributed by atoms with van der Waals surface area (Å²) < 4.78 is 10.2. The van der Waals surface area contributed by atoms with Crippen molar-refractivity contribution in [2.24, 2.45) is 11.0 Å². The average Bonchev–Trinajstić information content (AvgIpc) is 3.26. The second-order valence-corrected chi connectivity index (χ2v) is 7.10. The minimum absolute atomic E-state index is 0.0915. The molecule has 2 aromatic rings. The maximum Gasteiger partial charge on any atom is 0.355 e. The number of anilines is 2. The van der Waals surface area contributed by atoms with Crippen molar-refractivity contribution in [2.45, 2.75) is 13.0 Å². The van der Waals surface area contributed by atoms with Crippen molar-refractivity contribution in [1.29, 1.82) is 0 Å². The number of nitrogens with zero attached hydrogens (tertiary/aromatic N) is 3. The lowest BCUT2D eigenvalue weighted by atomic mass is 9.98. The standard InChI is InChI=1S/C21H18ClN3O5/c1-3-30-21(28)17-16-18(25(23-17)14-6-4-12(22)5-7-14)20(27)24(19(16)26)13-8-10-15(29-2)11-9-13/h4-11,16,18H,3H2,1-2H3. The molecule has 1 saturated heterocycles. The SMILES string of the molecule is CCOC(=O)C1=NN(c2ccc(Cl)cc2)C2C(=O)N(c3ccc(OC)cc3)C(=O)C12. The molecule has 9 heteroatoms. The van der Waals surface area contributed by atoms with E-state index in [1.165, 1.54) is 12.1 Å². The van der Waals surface area contributed by atoms with E-state index in [1.807, 2.05) is 0 Å². The zero-order valence-electron chi connectivity index (χ0n) is 16.2. The first-order chi connectivity index (χ1) is 14.5. The molecular weight excluding hydrogens is 410 g/mol. The molecule has 30 heavy (non-hydrogen) atoms. The number of halogens is 1. The van der Waals surface area contributed by atoms with Gasteiger partial charge in [-0.3, -0.25) is 14.6 Å². The molecule has 154 valence electrons. The Morgan fingerprint density at radius 1 is 1.03 bits per heavy atom. The number of ether oxygens (including phenoxy) is 2. The molecule has 0 bridgehead atoms. The van der Waals surface area contributed by atoms with Gasteiger partial charge >= 0.3 is 5.97 Å². The predicted octanol–water partition coefficient (Wildman–Crippen LogP) is 2.65. The van der Waals surface area contributed by atoms with Crippen LogP contribution in [0.4, 0.5) is 11.4 Å². The summed E-state index contributed by atoms with van der Waals surface area (Å²) in [7, 11) is 1.53. The van der Waals surface area contributed by atoms with Crippen LogP contribution in [0.1, 0.15) is 6.92 Å². The molecule has 0 N–H and O–H groups in total. The van der Waals surface area contributed by atoms with Crippen LogP contribution in [0.3, 0.4) is 0 Å². The largest absolute Gasteiger partial charge is 0.497 e. The number of imide groups is 1. The Bertz CT molecular complexity index is 1040. The number of hydrogen-bond acceptors (Lipinski definition) is 7. The van der Waals surface area contributed by atoms with E-state index in [4.69, 9.17) is 21.1 Å². The molecule has 2 atom stereocenters. The second kappa shape index (κ2) is 7.79. The topological polar surface area (TPSA) is 88.5 Å². The van der Waals surface area contributed by atoms with E-state index in [0.717, 1.165) is 4.90 Å². The van der Waals surface area contributed by atoms with Crippen LogP contribution in [0, 0.1) is 5.92 Å². The molecule has 4 rings (SSSR count). The van der Waals surface area contributed by atoms with Crippen LogP contribution in [0.2, 0.25) is 5.02 Å². The van der Waals surface area contributed by atoms with Crippen LogP contribution >= 0.6 is 11.6 Å². The summed E-state index contributed by atoms with van der Waals surface area (Å²) in [4.78, 5) is 40.1. The van der Waals surface area contributed by atoms with Crippen LogP contribution in [0.25, 0.3) is 0 Å². The first-order valence-corrected chi connectivity index (χ1v) is 9.66. The number of carbonyl (C=O) groups is 3. The number of methoxy groups -OCH3 is 1. The van der Waals surface area contributed by atoms with Crippen LogP contribution in [-0.4, -0.2) is 43.3 Å². The molecule has 0 radical (unpaired) electrons. The molecule has 1 fully saturated rings. The highest BCUT2D eigenvalue weighted by atomic mass is 35.5. The number of rotatable bonds is 5. The highest BCUT2D eigenvalue weighted by Crippen LogP contribution is 2.38. The van der Waals surface area contributed by atoms with Crippen molar-refractivity contribution in [1.82, 2.24) is 0 Å². The third-order valence-corrected chi connectivity index (χ3v) is 5.21. The predicted molar refractivity (Wildman–Crippen MR) is 111 cm³/mol. The summed E-state index contributed by atoms with van der Waals surface area (Å²) in [6.07, 6.45) is 0. The van der Waals surface area contributed by atoms with Crippen molar-refractivity contribution >= 4 is 46.5 Å². The fourth-order valence-corrected chi connectivity index (χ4v) is 3.71. The summed E-state index contributed by atoms with van der Waals surface area (Å²) in [5, 5.41) is 6.19. The molecule has 2 unspecified atom stereocenters. The number of esters is 1.